The first kappa shape index (κ1) is 19.9. The summed E-state index contributed by atoms with van der Waals surface area (Å²) in [5.41, 5.74) is 1.50. The monoisotopic (exact) mass is 428 g/mol. The molecule has 1 atom stereocenters. The fraction of sp³-hybridized carbons (Fsp3) is 0.222. The van der Waals surface area contributed by atoms with Crippen LogP contribution in [-0.2, 0) is 11.3 Å². The van der Waals surface area contributed by atoms with E-state index in [-0.39, 0.29) is 18.8 Å². The SMILES string of the molecule is O=C(OCC(O)CO)c1nn(Cc2cc(Cl)c(Cl)cc2Cl)c2ccccc12. The summed E-state index contributed by atoms with van der Waals surface area (Å²) in [6, 6.07) is 10.4. The number of aliphatic hydroxyl groups is 2. The Bertz CT molecular complexity index is 990. The molecule has 0 aliphatic carbocycles. The average molecular weight is 430 g/mol. The molecule has 27 heavy (non-hydrogen) atoms. The molecule has 2 N–H and O–H groups in total. The van der Waals surface area contributed by atoms with Crippen LogP contribution in [0.1, 0.15) is 16.1 Å². The molecule has 0 spiro atoms. The van der Waals surface area contributed by atoms with E-state index in [0.717, 1.165) is 0 Å². The van der Waals surface area contributed by atoms with Gasteiger partial charge >= 0.3 is 5.97 Å². The minimum Gasteiger partial charge on any atom is -0.458 e. The number of esters is 1. The molecule has 1 unspecified atom stereocenters. The second-order valence-electron chi connectivity index (χ2n) is 5.82. The molecule has 0 fully saturated rings. The number of fused-ring (bicyclic) bond motifs is 1. The standard InChI is InChI=1S/C18H15Cl3N2O4/c19-13-6-15(21)14(20)5-10(13)7-23-16-4-2-1-3-12(16)17(22-23)18(26)27-9-11(25)8-24/h1-6,11,24-25H,7-9H2. The summed E-state index contributed by atoms with van der Waals surface area (Å²) >= 11 is 18.3. The van der Waals surface area contributed by atoms with E-state index in [1.807, 2.05) is 12.1 Å². The average Bonchev–Trinajstić information content (AvgIpc) is 3.02. The summed E-state index contributed by atoms with van der Waals surface area (Å²) < 4.78 is 6.63. The van der Waals surface area contributed by atoms with Gasteiger partial charge in [0.15, 0.2) is 5.69 Å². The van der Waals surface area contributed by atoms with Gasteiger partial charge < -0.3 is 14.9 Å². The second kappa shape index (κ2) is 8.46. The highest BCUT2D eigenvalue weighted by molar-refractivity contribution is 6.43. The third-order valence-corrected chi connectivity index (χ3v) is 4.95. The van der Waals surface area contributed by atoms with Crippen molar-refractivity contribution >= 4 is 51.7 Å². The molecule has 9 heteroatoms. The number of aromatic nitrogens is 2. The van der Waals surface area contributed by atoms with Crippen molar-refractivity contribution < 1.29 is 19.7 Å². The third-order valence-electron chi connectivity index (χ3n) is 3.88. The zero-order valence-electron chi connectivity index (χ0n) is 13.9. The van der Waals surface area contributed by atoms with Crippen molar-refractivity contribution in [3.63, 3.8) is 0 Å². The number of para-hydroxylation sites is 1. The number of aliphatic hydroxyl groups excluding tert-OH is 2. The second-order valence-corrected chi connectivity index (χ2v) is 7.04. The molecular formula is C18H15Cl3N2O4. The topological polar surface area (TPSA) is 84.6 Å². The van der Waals surface area contributed by atoms with Gasteiger partial charge in [-0.3, -0.25) is 4.68 Å². The molecule has 3 rings (SSSR count). The molecule has 1 aromatic heterocycles. The first-order valence-corrected chi connectivity index (χ1v) is 9.09. The Kier molecular flexibility index (Phi) is 6.24. The Morgan fingerprint density at radius 2 is 1.85 bits per heavy atom. The normalized spacial score (nSPS) is 12.3. The van der Waals surface area contributed by atoms with Crippen molar-refractivity contribution in [2.45, 2.75) is 12.6 Å². The van der Waals surface area contributed by atoms with E-state index in [9.17, 15) is 9.90 Å². The highest BCUT2D eigenvalue weighted by Crippen LogP contribution is 2.30. The Hall–Kier alpha value is -1.83. The Balaban J connectivity index is 1.95. The molecule has 6 nitrogen and oxygen atoms in total. The van der Waals surface area contributed by atoms with E-state index in [4.69, 9.17) is 44.6 Å². The van der Waals surface area contributed by atoms with Crippen LogP contribution in [-0.4, -0.2) is 45.3 Å². The van der Waals surface area contributed by atoms with Crippen molar-refractivity contribution in [2.75, 3.05) is 13.2 Å². The van der Waals surface area contributed by atoms with Crippen LogP contribution in [0.4, 0.5) is 0 Å². The van der Waals surface area contributed by atoms with Crippen molar-refractivity contribution in [3.05, 3.63) is 62.7 Å². The number of halogens is 3. The quantitative estimate of drug-likeness (QED) is 0.462. The fourth-order valence-corrected chi connectivity index (χ4v) is 3.17. The van der Waals surface area contributed by atoms with Gasteiger partial charge in [0.25, 0.3) is 0 Å². The van der Waals surface area contributed by atoms with E-state index < -0.39 is 18.7 Å². The molecule has 0 bridgehead atoms. The predicted molar refractivity (Wildman–Crippen MR) is 104 cm³/mol. The van der Waals surface area contributed by atoms with Crippen LogP contribution in [0.15, 0.2) is 36.4 Å². The van der Waals surface area contributed by atoms with Crippen LogP contribution in [0.3, 0.4) is 0 Å². The molecular weight excluding hydrogens is 415 g/mol. The lowest BCUT2D eigenvalue weighted by molar-refractivity contribution is 0.00897. The molecule has 0 radical (unpaired) electrons. The number of ether oxygens (including phenoxy) is 1. The Morgan fingerprint density at radius 3 is 2.59 bits per heavy atom. The van der Waals surface area contributed by atoms with Gasteiger partial charge in [0.2, 0.25) is 0 Å². The highest BCUT2D eigenvalue weighted by atomic mass is 35.5. The summed E-state index contributed by atoms with van der Waals surface area (Å²) in [5.74, 6) is -0.697. The minimum absolute atomic E-state index is 0.104. The van der Waals surface area contributed by atoms with Gasteiger partial charge in [-0.15, -0.1) is 0 Å². The fourth-order valence-electron chi connectivity index (χ4n) is 2.54. The smallest absolute Gasteiger partial charge is 0.359 e. The molecule has 0 aliphatic rings. The molecule has 0 saturated carbocycles. The predicted octanol–water partition coefficient (Wildman–Crippen LogP) is 3.55. The molecule has 2 aromatic carbocycles. The summed E-state index contributed by atoms with van der Waals surface area (Å²) in [6.07, 6.45) is -1.14. The maximum atomic E-state index is 12.4. The lowest BCUT2D eigenvalue weighted by Gasteiger charge is -2.08. The third kappa shape index (κ3) is 4.36. The summed E-state index contributed by atoms with van der Waals surface area (Å²) in [6.45, 7) is -0.559. The number of benzene rings is 2. The maximum absolute atomic E-state index is 12.4. The highest BCUT2D eigenvalue weighted by Gasteiger charge is 2.20. The Morgan fingerprint density at radius 1 is 1.15 bits per heavy atom. The zero-order valence-corrected chi connectivity index (χ0v) is 16.2. The van der Waals surface area contributed by atoms with Gasteiger partial charge in [0.1, 0.15) is 12.7 Å². The van der Waals surface area contributed by atoms with E-state index >= 15 is 0 Å². The Labute approximate surface area is 169 Å². The number of nitrogens with zero attached hydrogens (tertiary/aromatic N) is 2. The number of rotatable bonds is 6. The molecule has 1 heterocycles. The largest absolute Gasteiger partial charge is 0.458 e. The van der Waals surface area contributed by atoms with Crippen molar-refractivity contribution in [2.24, 2.45) is 0 Å². The summed E-state index contributed by atoms with van der Waals surface area (Å²) in [5, 5.41) is 24.3. The van der Waals surface area contributed by atoms with Gasteiger partial charge in [-0.2, -0.15) is 5.10 Å². The van der Waals surface area contributed by atoms with E-state index in [1.54, 1.807) is 28.9 Å². The zero-order chi connectivity index (χ0) is 19.6. The van der Waals surface area contributed by atoms with Crippen molar-refractivity contribution in [1.29, 1.82) is 0 Å². The van der Waals surface area contributed by atoms with Gasteiger partial charge in [-0.05, 0) is 23.8 Å². The number of carbonyl (C=O) groups excluding carboxylic acids is 1. The minimum atomic E-state index is -1.14. The van der Waals surface area contributed by atoms with Gasteiger partial charge in [-0.1, -0.05) is 53.0 Å². The van der Waals surface area contributed by atoms with Crippen LogP contribution in [0.25, 0.3) is 10.9 Å². The molecule has 0 amide bonds. The molecule has 0 aliphatic heterocycles. The van der Waals surface area contributed by atoms with Crippen LogP contribution in [0.5, 0.6) is 0 Å². The maximum Gasteiger partial charge on any atom is 0.359 e. The van der Waals surface area contributed by atoms with Crippen LogP contribution in [0, 0.1) is 0 Å². The van der Waals surface area contributed by atoms with Crippen LogP contribution >= 0.6 is 34.8 Å². The first-order chi connectivity index (χ1) is 12.9. The lowest BCUT2D eigenvalue weighted by Crippen LogP contribution is -2.22. The summed E-state index contributed by atoms with van der Waals surface area (Å²) in [7, 11) is 0. The molecule has 0 saturated heterocycles. The van der Waals surface area contributed by atoms with Crippen molar-refractivity contribution in [1.82, 2.24) is 9.78 Å². The number of carbonyl (C=O) groups is 1. The lowest BCUT2D eigenvalue weighted by atomic mass is 10.2. The van der Waals surface area contributed by atoms with Crippen LogP contribution in [0.2, 0.25) is 15.1 Å². The van der Waals surface area contributed by atoms with E-state index in [1.165, 1.54) is 0 Å². The van der Waals surface area contributed by atoms with Gasteiger partial charge in [-0.25, -0.2) is 4.79 Å². The number of hydrogen-bond acceptors (Lipinski definition) is 5. The first-order valence-electron chi connectivity index (χ1n) is 7.95. The van der Waals surface area contributed by atoms with Gasteiger partial charge in [0, 0.05) is 10.4 Å². The van der Waals surface area contributed by atoms with Gasteiger partial charge in [0.05, 0.1) is 28.7 Å². The van der Waals surface area contributed by atoms with Crippen molar-refractivity contribution in [3.8, 4) is 0 Å². The van der Waals surface area contributed by atoms with E-state index in [0.29, 0.717) is 31.5 Å². The van der Waals surface area contributed by atoms with E-state index in [2.05, 4.69) is 5.10 Å². The molecule has 142 valence electrons. The number of hydrogen-bond donors (Lipinski definition) is 2. The molecule has 3 aromatic rings. The van der Waals surface area contributed by atoms with Crippen LogP contribution < -0.4 is 0 Å². The summed E-state index contributed by atoms with van der Waals surface area (Å²) in [4.78, 5) is 12.4.